The van der Waals surface area contributed by atoms with E-state index < -0.39 is 11.8 Å². The van der Waals surface area contributed by atoms with Crippen LogP contribution in [0.25, 0.3) is 0 Å². The van der Waals surface area contributed by atoms with Crippen LogP contribution in [-0.2, 0) is 19.0 Å². The van der Waals surface area contributed by atoms with E-state index in [1.165, 1.54) is 0 Å². The second-order valence-corrected chi connectivity index (χ2v) is 8.99. The Labute approximate surface area is 209 Å². The standard InChI is InChI=1S/C24H29ClN6O4/c1-3-35-23(32)17-15(2)27-21-19(18(17)16-5-4-6-26-20(16)25)22(30-7-11-33-12-8-30)29-24(28-21)31-9-13-34-14-10-31/h4-6,17-18H,3,7-14H2,1-2H3. The van der Waals surface area contributed by atoms with Crippen molar-refractivity contribution in [3.05, 3.63) is 34.6 Å². The van der Waals surface area contributed by atoms with Gasteiger partial charge in [-0.25, -0.2) is 9.98 Å². The van der Waals surface area contributed by atoms with Crippen molar-refractivity contribution < 1.29 is 19.0 Å². The normalized spacial score (nSPS) is 22.4. The number of carbonyl (C=O) groups excluding carboxylic acids is 1. The number of halogens is 1. The lowest BCUT2D eigenvalue weighted by Crippen LogP contribution is -2.41. The molecule has 11 heteroatoms. The molecule has 2 unspecified atom stereocenters. The first kappa shape index (κ1) is 23.9. The van der Waals surface area contributed by atoms with E-state index >= 15 is 0 Å². The number of morpholine rings is 2. The molecule has 2 aromatic rings. The van der Waals surface area contributed by atoms with E-state index in [9.17, 15) is 4.79 Å². The molecule has 0 saturated carbocycles. The zero-order valence-electron chi connectivity index (χ0n) is 19.9. The SMILES string of the molecule is CCOC(=O)C1C(C)=Nc2nc(N3CCOCC3)nc(N3CCOCC3)c2C1c1cccnc1Cl. The minimum Gasteiger partial charge on any atom is -0.465 e. The molecule has 0 bridgehead atoms. The van der Waals surface area contributed by atoms with Crippen molar-refractivity contribution in [3.63, 3.8) is 0 Å². The van der Waals surface area contributed by atoms with Gasteiger partial charge in [0.2, 0.25) is 5.95 Å². The van der Waals surface area contributed by atoms with Gasteiger partial charge in [0.25, 0.3) is 0 Å². The molecule has 0 spiro atoms. The Bertz CT molecular complexity index is 1120. The zero-order valence-corrected chi connectivity index (χ0v) is 20.7. The van der Waals surface area contributed by atoms with Crippen molar-refractivity contribution in [1.29, 1.82) is 0 Å². The molecule has 2 aromatic heterocycles. The third kappa shape index (κ3) is 4.70. The lowest BCUT2D eigenvalue weighted by Gasteiger charge is -2.37. The molecular formula is C24H29ClN6O4. The summed E-state index contributed by atoms with van der Waals surface area (Å²) in [5.74, 6) is 0.396. The zero-order chi connectivity index (χ0) is 24.4. The number of pyridine rings is 1. The number of rotatable bonds is 5. The monoisotopic (exact) mass is 500 g/mol. The Morgan fingerprint density at radius 3 is 2.46 bits per heavy atom. The largest absolute Gasteiger partial charge is 0.465 e. The van der Waals surface area contributed by atoms with Crippen LogP contribution in [0.4, 0.5) is 17.6 Å². The first-order valence-corrected chi connectivity index (χ1v) is 12.4. The number of carbonyl (C=O) groups is 1. The number of ether oxygens (including phenoxy) is 3. The van der Waals surface area contributed by atoms with E-state index in [2.05, 4.69) is 14.8 Å². The van der Waals surface area contributed by atoms with Crippen molar-refractivity contribution in [3.8, 4) is 0 Å². The van der Waals surface area contributed by atoms with Gasteiger partial charge in [0.1, 0.15) is 16.9 Å². The Morgan fingerprint density at radius 2 is 1.80 bits per heavy atom. The van der Waals surface area contributed by atoms with Crippen LogP contribution in [0.3, 0.4) is 0 Å². The number of hydrogen-bond donors (Lipinski definition) is 0. The maximum Gasteiger partial charge on any atom is 0.315 e. The molecule has 0 aromatic carbocycles. The first-order chi connectivity index (χ1) is 17.1. The summed E-state index contributed by atoms with van der Waals surface area (Å²) in [5, 5.41) is 0.331. The van der Waals surface area contributed by atoms with E-state index in [0.29, 0.717) is 75.2 Å². The summed E-state index contributed by atoms with van der Waals surface area (Å²) >= 11 is 6.61. The Kier molecular flexibility index (Phi) is 7.12. The van der Waals surface area contributed by atoms with Crippen molar-refractivity contribution in [2.75, 3.05) is 69.0 Å². The second kappa shape index (κ2) is 10.4. The van der Waals surface area contributed by atoms with Crippen molar-refractivity contribution in [2.45, 2.75) is 19.8 Å². The number of aliphatic imine (C=N–C) groups is 1. The highest BCUT2D eigenvalue weighted by Gasteiger charge is 2.43. The highest BCUT2D eigenvalue weighted by molar-refractivity contribution is 6.30. The summed E-state index contributed by atoms with van der Waals surface area (Å²) in [4.78, 5) is 36.6. The fraction of sp³-hybridized carbons (Fsp3) is 0.542. The molecule has 2 saturated heterocycles. The summed E-state index contributed by atoms with van der Waals surface area (Å²) < 4.78 is 16.6. The predicted octanol–water partition coefficient (Wildman–Crippen LogP) is 2.62. The Hall–Kier alpha value is -2.82. The lowest BCUT2D eigenvalue weighted by molar-refractivity contribution is -0.146. The van der Waals surface area contributed by atoms with E-state index in [1.807, 2.05) is 19.1 Å². The average molecular weight is 501 g/mol. The first-order valence-electron chi connectivity index (χ1n) is 12.0. The van der Waals surface area contributed by atoms with Crippen molar-refractivity contribution in [1.82, 2.24) is 15.0 Å². The van der Waals surface area contributed by atoms with Gasteiger partial charge in [0.15, 0.2) is 5.82 Å². The van der Waals surface area contributed by atoms with E-state index in [-0.39, 0.29) is 12.6 Å². The third-order valence-corrected chi connectivity index (χ3v) is 6.85. The van der Waals surface area contributed by atoms with Gasteiger partial charge in [0, 0.05) is 49.6 Å². The van der Waals surface area contributed by atoms with Crippen LogP contribution in [0, 0.1) is 5.92 Å². The molecule has 35 heavy (non-hydrogen) atoms. The van der Waals surface area contributed by atoms with Crippen LogP contribution in [0.5, 0.6) is 0 Å². The van der Waals surface area contributed by atoms with Gasteiger partial charge in [-0.2, -0.15) is 9.97 Å². The maximum atomic E-state index is 13.3. The fourth-order valence-corrected chi connectivity index (χ4v) is 5.10. The molecule has 0 amide bonds. The van der Waals surface area contributed by atoms with E-state index in [1.54, 1.807) is 13.1 Å². The van der Waals surface area contributed by atoms with Crippen LogP contribution in [0.15, 0.2) is 23.3 Å². The number of fused-ring (bicyclic) bond motifs is 1. The molecular weight excluding hydrogens is 472 g/mol. The number of esters is 1. The number of hydrogen-bond acceptors (Lipinski definition) is 10. The Morgan fingerprint density at radius 1 is 1.11 bits per heavy atom. The van der Waals surface area contributed by atoms with Gasteiger partial charge in [-0.05, 0) is 25.5 Å². The topological polar surface area (TPSA) is 102 Å². The van der Waals surface area contributed by atoms with Crippen LogP contribution in [0.1, 0.15) is 30.9 Å². The van der Waals surface area contributed by atoms with Gasteiger partial charge < -0.3 is 24.0 Å². The predicted molar refractivity (Wildman–Crippen MR) is 132 cm³/mol. The smallest absolute Gasteiger partial charge is 0.315 e. The molecule has 5 heterocycles. The summed E-state index contributed by atoms with van der Waals surface area (Å²) in [5.41, 5.74) is 2.11. The molecule has 10 nitrogen and oxygen atoms in total. The minimum atomic E-state index is -0.665. The second-order valence-electron chi connectivity index (χ2n) is 8.63. The van der Waals surface area contributed by atoms with Gasteiger partial charge in [-0.3, -0.25) is 4.79 Å². The minimum absolute atomic E-state index is 0.270. The molecule has 3 aliphatic rings. The quantitative estimate of drug-likeness (QED) is 0.452. The van der Waals surface area contributed by atoms with Crippen LogP contribution in [-0.4, -0.2) is 85.8 Å². The van der Waals surface area contributed by atoms with Crippen LogP contribution >= 0.6 is 11.6 Å². The number of nitrogens with zero attached hydrogens (tertiary/aromatic N) is 6. The lowest BCUT2D eigenvalue weighted by atomic mass is 9.77. The van der Waals surface area contributed by atoms with E-state index in [0.717, 1.165) is 16.9 Å². The molecule has 2 atom stereocenters. The molecule has 0 radical (unpaired) electrons. The molecule has 0 aliphatic carbocycles. The van der Waals surface area contributed by atoms with E-state index in [4.69, 9.17) is 40.8 Å². The Balaban J connectivity index is 1.72. The van der Waals surface area contributed by atoms with Gasteiger partial charge >= 0.3 is 5.97 Å². The molecule has 3 aliphatic heterocycles. The molecule has 5 rings (SSSR count). The maximum absolute atomic E-state index is 13.3. The summed E-state index contributed by atoms with van der Waals surface area (Å²) in [6.07, 6.45) is 1.64. The highest BCUT2D eigenvalue weighted by Crippen LogP contribution is 2.48. The average Bonchev–Trinajstić information content (AvgIpc) is 2.88. The number of aromatic nitrogens is 3. The summed E-state index contributed by atoms with van der Waals surface area (Å²) in [7, 11) is 0. The number of anilines is 2. The summed E-state index contributed by atoms with van der Waals surface area (Å²) in [6, 6.07) is 3.72. The van der Waals surface area contributed by atoms with Gasteiger partial charge in [0.05, 0.1) is 33.0 Å². The molecule has 0 N–H and O–H groups in total. The highest BCUT2D eigenvalue weighted by atomic mass is 35.5. The van der Waals surface area contributed by atoms with Gasteiger partial charge in [-0.15, -0.1) is 0 Å². The van der Waals surface area contributed by atoms with Crippen LogP contribution in [0.2, 0.25) is 5.15 Å². The van der Waals surface area contributed by atoms with Gasteiger partial charge in [-0.1, -0.05) is 17.7 Å². The van der Waals surface area contributed by atoms with Crippen LogP contribution < -0.4 is 9.80 Å². The van der Waals surface area contributed by atoms with Crippen molar-refractivity contribution >= 4 is 40.9 Å². The fourth-order valence-electron chi connectivity index (χ4n) is 4.87. The molecule has 186 valence electrons. The molecule has 2 fully saturated rings. The van der Waals surface area contributed by atoms with Crippen molar-refractivity contribution in [2.24, 2.45) is 10.9 Å². The third-order valence-electron chi connectivity index (χ3n) is 6.54. The summed E-state index contributed by atoms with van der Waals surface area (Å²) in [6.45, 7) is 9.08.